The molecule has 1 fully saturated rings. The number of piperazine rings is 1. The van der Waals surface area contributed by atoms with Crippen LogP contribution >= 0.6 is 0 Å². The number of aryl methyl sites for hydroxylation is 2. The van der Waals surface area contributed by atoms with Crippen LogP contribution in [0.2, 0.25) is 0 Å². The molecule has 2 heterocycles. The van der Waals surface area contributed by atoms with Gasteiger partial charge in [0.05, 0.1) is 12.2 Å². The predicted molar refractivity (Wildman–Crippen MR) is 101 cm³/mol. The number of aromatic nitrogens is 2. The molecule has 1 N–H and O–H groups in total. The molecule has 0 spiro atoms. The number of carbonyl (C=O) groups is 1. The molecule has 7 heteroatoms. The summed E-state index contributed by atoms with van der Waals surface area (Å²) in [7, 11) is 1.83. The Morgan fingerprint density at radius 3 is 2.50 bits per heavy atom. The van der Waals surface area contributed by atoms with Crippen molar-refractivity contribution in [1.82, 2.24) is 19.6 Å². The zero-order chi connectivity index (χ0) is 18.4. The molecule has 1 aliphatic heterocycles. The Morgan fingerprint density at radius 1 is 1.15 bits per heavy atom. The number of nitrogens with zero attached hydrogens (tertiary/aromatic N) is 4. The van der Waals surface area contributed by atoms with E-state index in [1.807, 2.05) is 50.4 Å². The summed E-state index contributed by atoms with van der Waals surface area (Å²) in [5.41, 5.74) is 0.897. The number of para-hydroxylation sites is 1. The van der Waals surface area contributed by atoms with Crippen LogP contribution in [0.1, 0.15) is 5.69 Å². The minimum Gasteiger partial charge on any atom is -0.492 e. The van der Waals surface area contributed by atoms with E-state index in [0.29, 0.717) is 13.2 Å². The molecule has 1 aliphatic rings. The van der Waals surface area contributed by atoms with E-state index >= 15 is 0 Å². The summed E-state index contributed by atoms with van der Waals surface area (Å²) in [6.45, 7) is 7.61. The number of ether oxygens (including phenoxy) is 1. The summed E-state index contributed by atoms with van der Waals surface area (Å²) in [6.07, 6.45) is 0. The molecule has 0 aliphatic carbocycles. The third-order valence-corrected chi connectivity index (χ3v) is 4.52. The molecule has 0 radical (unpaired) electrons. The summed E-state index contributed by atoms with van der Waals surface area (Å²) in [6, 6.07) is 11.8. The van der Waals surface area contributed by atoms with Gasteiger partial charge in [-0.25, -0.2) is 0 Å². The zero-order valence-corrected chi connectivity index (χ0v) is 15.5. The van der Waals surface area contributed by atoms with Crippen LogP contribution < -0.4 is 10.1 Å². The summed E-state index contributed by atoms with van der Waals surface area (Å²) in [4.78, 5) is 16.8. The van der Waals surface area contributed by atoms with E-state index in [1.165, 1.54) is 0 Å². The van der Waals surface area contributed by atoms with Crippen LogP contribution in [-0.4, -0.2) is 71.4 Å². The van der Waals surface area contributed by atoms with E-state index in [1.54, 1.807) is 4.68 Å². The Morgan fingerprint density at radius 2 is 1.85 bits per heavy atom. The average molecular weight is 357 g/mol. The fourth-order valence-electron chi connectivity index (χ4n) is 3.09. The number of nitrogens with one attached hydrogen (secondary N) is 1. The van der Waals surface area contributed by atoms with Gasteiger partial charge in [-0.2, -0.15) is 5.10 Å². The lowest BCUT2D eigenvalue weighted by Crippen LogP contribution is -2.49. The molecule has 1 amide bonds. The molecule has 0 saturated carbocycles. The van der Waals surface area contributed by atoms with E-state index in [4.69, 9.17) is 4.74 Å². The van der Waals surface area contributed by atoms with Gasteiger partial charge in [-0.1, -0.05) is 18.2 Å². The molecule has 0 atom stereocenters. The van der Waals surface area contributed by atoms with Crippen LogP contribution in [0.4, 0.5) is 5.82 Å². The van der Waals surface area contributed by atoms with Crippen molar-refractivity contribution in [1.29, 1.82) is 0 Å². The molecule has 140 valence electrons. The van der Waals surface area contributed by atoms with Crippen LogP contribution in [-0.2, 0) is 11.8 Å². The Balaban J connectivity index is 1.34. The van der Waals surface area contributed by atoms with Gasteiger partial charge in [0.1, 0.15) is 18.2 Å². The predicted octanol–water partition coefficient (Wildman–Crippen LogP) is 1.36. The van der Waals surface area contributed by atoms with Crippen LogP contribution in [0.15, 0.2) is 36.4 Å². The number of benzene rings is 1. The molecule has 2 aromatic rings. The highest BCUT2D eigenvalue weighted by Gasteiger charge is 2.19. The highest BCUT2D eigenvalue weighted by atomic mass is 16.5. The van der Waals surface area contributed by atoms with E-state index in [2.05, 4.69) is 20.2 Å². The summed E-state index contributed by atoms with van der Waals surface area (Å²) >= 11 is 0. The largest absolute Gasteiger partial charge is 0.492 e. The van der Waals surface area contributed by atoms with Gasteiger partial charge >= 0.3 is 0 Å². The Hall–Kier alpha value is -2.38. The smallest absolute Gasteiger partial charge is 0.239 e. The van der Waals surface area contributed by atoms with E-state index in [9.17, 15) is 4.79 Å². The molecule has 1 aromatic carbocycles. The van der Waals surface area contributed by atoms with Crippen LogP contribution in [0.3, 0.4) is 0 Å². The third kappa shape index (κ3) is 5.31. The van der Waals surface area contributed by atoms with Gasteiger partial charge in [0.15, 0.2) is 0 Å². The van der Waals surface area contributed by atoms with Crippen molar-refractivity contribution in [3.63, 3.8) is 0 Å². The number of hydrogen-bond acceptors (Lipinski definition) is 5. The maximum absolute atomic E-state index is 12.2. The SMILES string of the molecule is Cc1cc(NC(=O)CN2CCN(CCOc3ccccc3)CC2)n(C)n1. The molecular formula is C19H27N5O2. The standard InChI is InChI=1S/C19H27N5O2/c1-16-14-18(22(2)21-16)20-19(25)15-24-10-8-23(9-11-24)12-13-26-17-6-4-3-5-7-17/h3-7,14H,8-13,15H2,1-2H3,(H,20,25). The summed E-state index contributed by atoms with van der Waals surface area (Å²) < 4.78 is 7.44. The molecule has 0 unspecified atom stereocenters. The first-order chi connectivity index (χ1) is 12.6. The monoisotopic (exact) mass is 357 g/mol. The summed E-state index contributed by atoms with van der Waals surface area (Å²) in [5.74, 6) is 1.66. The van der Waals surface area contributed by atoms with Crippen molar-refractivity contribution in [3.05, 3.63) is 42.1 Å². The van der Waals surface area contributed by atoms with Crippen molar-refractivity contribution in [2.45, 2.75) is 6.92 Å². The van der Waals surface area contributed by atoms with E-state index in [-0.39, 0.29) is 5.91 Å². The minimum atomic E-state index is 0.00820. The normalized spacial score (nSPS) is 15.8. The average Bonchev–Trinajstić information content (AvgIpc) is 2.94. The quantitative estimate of drug-likeness (QED) is 0.811. The van der Waals surface area contributed by atoms with Gasteiger partial charge in [0.25, 0.3) is 0 Å². The third-order valence-electron chi connectivity index (χ3n) is 4.52. The van der Waals surface area contributed by atoms with Crippen molar-refractivity contribution in [2.75, 3.05) is 51.2 Å². The van der Waals surface area contributed by atoms with E-state index in [0.717, 1.165) is 50.0 Å². The highest BCUT2D eigenvalue weighted by molar-refractivity contribution is 5.91. The number of rotatable bonds is 7. The Labute approximate surface area is 154 Å². The summed E-state index contributed by atoms with van der Waals surface area (Å²) in [5, 5.41) is 7.17. The Bertz CT molecular complexity index is 708. The van der Waals surface area contributed by atoms with Gasteiger partial charge in [-0.05, 0) is 19.1 Å². The van der Waals surface area contributed by atoms with Gasteiger partial charge < -0.3 is 10.1 Å². The topological polar surface area (TPSA) is 62.6 Å². The fraction of sp³-hybridized carbons (Fsp3) is 0.474. The van der Waals surface area contributed by atoms with Gasteiger partial charge in [0, 0.05) is 45.8 Å². The zero-order valence-electron chi connectivity index (χ0n) is 15.5. The molecule has 3 rings (SSSR count). The van der Waals surface area contributed by atoms with E-state index < -0.39 is 0 Å². The molecule has 1 aromatic heterocycles. The van der Waals surface area contributed by atoms with Crippen molar-refractivity contribution in [2.24, 2.45) is 7.05 Å². The molecule has 26 heavy (non-hydrogen) atoms. The number of anilines is 1. The molecular weight excluding hydrogens is 330 g/mol. The van der Waals surface area contributed by atoms with Gasteiger partial charge in [-0.15, -0.1) is 0 Å². The van der Waals surface area contributed by atoms with Crippen molar-refractivity contribution < 1.29 is 9.53 Å². The molecule has 1 saturated heterocycles. The first kappa shape index (κ1) is 18.4. The minimum absolute atomic E-state index is 0.00820. The maximum Gasteiger partial charge on any atom is 0.239 e. The lowest BCUT2D eigenvalue weighted by atomic mass is 10.3. The lowest BCUT2D eigenvalue weighted by molar-refractivity contribution is -0.117. The van der Waals surface area contributed by atoms with Crippen LogP contribution in [0, 0.1) is 6.92 Å². The molecule has 7 nitrogen and oxygen atoms in total. The van der Waals surface area contributed by atoms with Crippen molar-refractivity contribution in [3.8, 4) is 5.75 Å². The van der Waals surface area contributed by atoms with Crippen molar-refractivity contribution >= 4 is 11.7 Å². The Kier molecular flexibility index (Phi) is 6.25. The second-order valence-corrected chi connectivity index (χ2v) is 6.62. The number of amides is 1. The second kappa shape index (κ2) is 8.82. The number of carbonyl (C=O) groups excluding carboxylic acids is 1. The highest BCUT2D eigenvalue weighted by Crippen LogP contribution is 2.10. The van der Waals surface area contributed by atoms with Crippen LogP contribution in [0.25, 0.3) is 0 Å². The first-order valence-corrected chi connectivity index (χ1v) is 9.03. The maximum atomic E-state index is 12.2. The first-order valence-electron chi connectivity index (χ1n) is 9.03. The second-order valence-electron chi connectivity index (χ2n) is 6.62. The lowest BCUT2D eigenvalue weighted by Gasteiger charge is -2.34. The molecule has 0 bridgehead atoms. The number of hydrogen-bond donors (Lipinski definition) is 1. The van der Waals surface area contributed by atoms with Gasteiger partial charge in [0.2, 0.25) is 5.91 Å². The van der Waals surface area contributed by atoms with Crippen LogP contribution in [0.5, 0.6) is 5.75 Å². The fourth-order valence-corrected chi connectivity index (χ4v) is 3.09. The van der Waals surface area contributed by atoms with Gasteiger partial charge in [-0.3, -0.25) is 19.3 Å².